The summed E-state index contributed by atoms with van der Waals surface area (Å²) in [6, 6.07) is 17.7. The Morgan fingerprint density at radius 3 is 2.34 bits per heavy atom. The highest BCUT2D eigenvalue weighted by molar-refractivity contribution is 7.88. The van der Waals surface area contributed by atoms with Crippen LogP contribution in [0.25, 0.3) is 6.08 Å². The number of ether oxygens (including phenoxy) is 1. The van der Waals surface area contributed by atoms with Crippen molar-refractivity contribution >= 4 is 50.9 Å². The molecule has 0 aliphatic heterocycles. The first kappa shape index (κ1) is 30.7. The van der Waals surface area contributed by atoms with Crippen molar-refractivity contribution in [2.45, 2.75) is 32.8 Å². The third kappa shape index (κ3) is 7.95. The number of Topliss-reactive ketones (excluding diaryl/α,β-unsaturated/α-hetero) is 2. The second kappa shape index (κ2) is 13.2. The van der Waals surface area contributed by atoms with Crippen molar-refractivity contribution in [3.8, 4) is 5.75 Å². The minimum absolute atomic E-state index is 0.0288. The van der Waals surface area contributed by atoms with E-state index in [2.05, 4.69) is 6.58 Å². The van der Waals surface area contributed by atoms with Crippen molar-refractivity contribution in [1.29, 1.82) is 0 Å². The van der Waals surface area contributed by atoms with E-state index in [0.717, 1.165) is 16.7 Å². The summed E-state index contributed by atoms with van der Waals surface area (Å²) in [5, 5.41) is 1.02. The van der Waals surface area contributed by atoms with Gasteiger partial charge in [0, 0.05) is 46.3 Å². The molecule has 0 bridgehead atoms. The highest BCUT2D eigenvalue weighted by Crippen LogP contribution is 2.32. The summed E-state index contributed by atoms with van der Waals surface area (Å²) in [6.07, 6.45) is 4.42. The molecule has 214 valence electrons. The van der Waals surface area contributed by atoms with Gasteiger partial charge in [0.25, 0.3) is 0 Å². The van der Waals surface area contributed by atoms with Crippen molar-refractivity contribution in [2.75, 3.05) is 19.3 Å². The van der Waals surface area contributed by atoms with Gasteiger partial charge in [-0.15, -0.1) is 0 Å². The Morgan fingerprint density at radius 1 is 1.02 bits per heavy atom. The molecule has 6 nitrogen and oxygen atoms in total. The van der Waals surface area contributed by atoms with E-state index >= 15 is 0 Å². The van der Waals surface area contributed by atoms with Gasteiger partial charge in [-0.25, -0.2) is 12.7 Å². The Hall–Kier alpha value is -3.23. The maximum absolute atomic E-state index is 12.9. The lowest BCUT2D eigenvalue weighted by molar-refractivity contribution is 0.102. The first-order valence-electron chi connectivity index (χ1n) is 13.2. The molecule has 9 heteroatoms. The maximum atomic E-state index is 12.9. The summed E-state index contributed by atoms with van der Waals surface area (Å²) < 4.78 is 31.2. The second-order valence-corrected chi connectivity index (χ2v) is 12.9. The zero-order valence-electron chi connectivity index (χ0n) is 23.0. The predicted octanol–water partition coefficient (Wildman–Crippen LogP) is 7.20. The van der Waals surface area contributed by atoms with Crippen LogP contribution in [0.5, 0.6) is 5.75 Å². The molecule has 0 amide bonds. The molecule has 0 fully saturated rings. The molecule has 0 spiro atoms. The van der Waals surface area contributed by atoms with Crippen molar-refractivity contribution in [3.63, 3.8) is 0 Å². The largest absolute Gasteiger partial charge is 0.489 e. The number of fused-ring (bicyclic) bond motifs is 1. The monoisotopic (exact) mass is 611 g/mol. The lowest BCUT2D eigenvalue weighted by atomic mass is 10.0. The summed E-state index contributed by atoms with van der Waals surface area (Å²) in [6.45, 7) is 6.70. The van der Waals surface area contributed by atoms with Crippen LogP contribution in [0.4, 0.5) is 0 Å². The average Bonchev–Trinajstić information content (AvgIpc) is 3.22. The minimum Gasteiger partial charge on any atom is -0.489 e. The topological polar surface area (TPSA) is 80.8 Å². The zero-order chi connectivity index (χ0) is 29.7. The van der Waals surface area contributed by atoms with E-state index in [1.54, 1.807) is 42.5 Å². The molecule has 0 aromatic heterocycles. The van der Waals surface area contributed by atoms with E-state index in [1.807, 2.05) is 31.2 Å². The molecule has 3 aromatic carbocycles. The normalized spacial score (nSPS) is 14.0. The molecule has 0 atom stereocenters. The molecule has 0 saturated heterocycles. The fourth-order valence-corrected chi connectivity index (χ4v) is 6.13. The van der Waals surface area contributed by atoms with E-state index in [1.165, 1.54) is 10.6 Å². The first-order chi connectivity index (χ1) is 19.4. The van der Waals surface area contributed by atoms with Crippen LogP contribution in [0, 0.1) is 0 Å². The summed E-state index contributed by atoms with van der Waals surface area (Å²) in [5.74, 6) is 0.396. The Morgan fingerprint density at radius 2 is 1.71 bits per heavy atom. The highest BCUT2D eigenvalue weighted by Gasteiger charge is 2.25. The van der Waals surface area contributed by atoms with Gasteiger partial charge in [-0.2, -0.15) is 0 Å². The number of halogens is 2. The van der Waals surface area contributed by atoms with E-state index in [9.17, 15) is 18.0 Å². The Balaban J connectivity index is 1.35. The van der Waals surface area contributed by atoms with Crippen LogP contribution in [-0.4, -0.2) is 43.6 Å². The third-order valence-electron chi connectivity index (χ3n) is 6.77. The smallest absolute Gasteiger partial charge is 0.211 e. The van der Waals surface area contributed by atoms with Gasteiger partial charge in [-0.3, -0.25) is 9.59 Å². The number of ketones is 2. The van der Waals surface area contributed by atoms with Gasteiger partial charge in [0.15, 0.2) is 11.6 Å². The molecule has 41 heavy (non-hydrogen) atoms. The summed E-state index contributed by atoms with van der Waals surface area (Å²) in [4.78, 5) is 25.7. The van der Waals surface area contributed by atoms with Gasteiger partial charge in [-0.1, -0.05) is 61.0 Å². The molecule has 0 saturated carbocycles. The molecular weight excluding hydrogens is 581 g/mol. The van der Waals surface area contributed by atoms with Gasteiger partial charge in [0.05, 0.1) is 6.26 Å². The van der Waals surface area contributed by atoms with Gasteiger partial charge in [0.1, 0.15) is 12.4 Å². The van der Waals surface area contributed by atoms with Crippen molar-refractivity contribution in [3.05, 3.63) is 116 Å². The van der Waals surface area contributed by atoms with Crippen LogP contribution >= 0.6 is 23.2 Å². The van der Waals surface area contributed by atoms with Crippen molar-refractivity contribution in [1.82, 2.24) is 4.31 Å². The first-order valence-corrected chi connectivity index (χ1v) is 15.8. The Labute approximate surface area is 251 Å². The number of carbonyl (C=O) groups excluding carboxylic acids is 2. The zero-order valence-corrected chi connectivity index (χ0v) is 25.3. The van der Waals surface area contributed by atoms with Crippen LogP contribution in [-0.2, 0) is 23.1 Å². The molecular formula is C32H31Cl2NO5S. The number of sulfonamides is 1. The average molecular weight is 613 g/mol. The van der Waals surface area contributed by atoms with Crippen LogP contribution in [0.2, 0.25) is 10.0 Å². The molecule has 0 heterocycles. The van der Waals surface area contributed by atoms with Crippen LogP contribution in [0.1, 0.15) is 57.2 Å². The minimum atomic E-state index is -3.33. The van der Waals surface area contributed by atoms with Crippen molar-refractivity contribution < 1.29 is 22.7 Å². The molecule has 1 aliphatic carbocycles. The highest BCUT2D eigenvalue weighted by atomic mass is 35.5. The molecule has 3 aromatic rings. The van der Waals surface area contributed by atoms with Gasteiger partial charge < -0.3 is 4.74 Å². The Bertz CT molecular complexity index is 1610. The number of carbonyl (C=O) groups is 2. The van der Waals surface area contributed by atoms with Crippen LogP contribution < -0.4 is 4.74 Å². The number of hydrogen-bond acceptors (Lipinski definition) is 5. The molecule has 0 unspecified atom stereocenters. The Kier molecular flexibility index (Phi) is 9.87. The second-order valence-electron chi connectivity index (χ2n) is 10.0. The lowest BCUT2D eigenvalue weighted by Gasteiger charge is -2.19. The fraction of sp³-hybridized carbons (Fsp3) is 0.250. The van der Waals surface area contributed by atoms with Crippen LogP contribution in [0.3, 0.4) is 0 Å². The fourth-order valence-electron chi connectivity index (χ4n) is 4.65. The summed E-state index contributed by atoms with van der Waals surface area (Å²) in [5.41, 5.74) is 4.68. The lowest BCUT2D eigenvalue weighted by Crippen LogP contribution is -2.32. The van der Waals surface area contributed by atoms with E-state index in [0.29, 0.717) is 57.5 Å². The molecule has 1 aliphatic rings. The van der Waals surface area contributed by atoms with E-state index in [-0.39, 0.29) is 31.1 Å². The van der Waals surface area contributed by atoms with Gasteiger partial charge in [-0.05, 0) is 77.6 Å². The number of benzene rings is 3. The number of rotatable bonds is 12. The summed E-state index contributed by atoms with van der Waals surface area (Å²) >= 11 is 12.2. The number of nitrogens with zero attached hydrogens (tertiary/aromatic N) is 1. The van der Waals surface area contributed by atoms with E-state index < -0.39 is 10.0 Å². The maximum Gasteiger partial charge on any atom is 0.211 e. The van der Waals surface area contributed by atoms with E-state index in [4.69, 9.17) is 27.9 Å². The molecule has 0 radical (unpaired) electrons. The van der Waals surface area contributed by atoms with Gasteiger partial charge in [0.2, 0.25) is 10.0 Å². The standard InChI is InChI=1S/C32H31Cl2NO5S/c1-4-12-35(41(3,38)39)13-11-21(2)31(36)24-7-5-22(6-8-24)20-40-29-9-10-30-25(18-29)17-26(32(30)37)14-23-15-27(33)19-28(34)16-23/h5-10,14-16,18-19H,2,4,11-13,17,20H2,1,3H3/b26-14+. The van der Waals surface area contributed by atoms with Crippen molar-refractivity contribution in [2.24, 2.45) is 0 Å². The summed E-state index contributed by atoms with van der Waals surface area (Å²) in [7, 11) is -3.33. The molecule has 4 rings (SSSR count). The molecule has 0 N–H and O–H groups in total. The number of hydrogen-bond donors (Lipinski definition) is 0. The third-order valence-corrected chi connectivity index (χ3v) is 8.51. The quantitative estimate of drug-likeness (QED) is 0.160. The van der Waals surface area contributed by atoms with Crippen LogP contribution in [0.15, 0.2) is 78.4 Å². The number of allylic oxidation sites excluding steroid dienone is 1. The van der Waals surface area contributed by atoms with Gasteiger partial charge >= 0.3 is 0 Å². The predicted molar refractivity (Wildman–Crippen MR) is 164 cm³/mol. The SMILES string of the molecule is C=C(CCN(CCC)S(C)(=O)=O)C(=O)c1ccc(COc2ccc3c(c2)C/C(=C\c2cc(Cl)cc(Cl)c2)C3=O)cc1.